The lowest BCUT2D eigenvalue weighted by atomic mass is 10.2. The van der Waals surface area contributed by atoms with Crippen LogP contribution < -0.4 is 15.2 Å². The molecule has 0 saturated carbocycles. The maximum Gasteiger partial charge on any atom is 0.263 e. The highest BCUT2D eigenvalue weighted by Gasteiger charge is 2.21. The maximum absolute atomic E-state index is 13.8. The lowest BCUT2D eigenvalue weighted by molar-refractivity contribution is 0.396. The van der Waals surface area contributed by atoms with Gasteiger partial charge in [-0.25, -0.2) is 22.2 Å². The molecular formula is C13H13F2N3O3S. The minimum absolute atomic E-state index is 0.157. The van der Waals surface area contributed by atoms with E-state index in [1.807, 2.05) is 4.72 Å². The van der Waals surface area contributed by atoms with Gasteiger partial charge in [0.05, 0.1) is 19.0 Å². The van der Waals surface area contributed by atoms with Crippen molar-refractivity contribution in [3.05, 3.63) is 41.6 Å². The summed E-state index contributed by atoms with van der Waals surface area (Å²) in [6.45, 7) is 1.54. The summed E-state index contributed by atoms with van der Waals surface area (Å²) in [7, 11) is -2.71. The Morgan fingerprint density at radius 1 is 1.32 bits per heavy atom. The second-order valence-corrected chi connectivity index (χ2v) is 6.07. The third-order valence-electron chi connectivity index (χ3n) is 2.91. The van der Waals surface area contributed by atoms with E-state index in [0.29, 0.717) is 5.56 Å². The van der Waals surface area contributed by atoms with Gasteiger partial charge in [0.25, 0.3) is 10.0 Å². The fraction of sp³-hybridized carbons (Fsp3) is 0.154. The first-order valence-electron chi connectivity index (χ1n) is 6.03. The molecule has 2 rings (SSSR count). The summed E-state index contributed by atoms with van der Waals surface area (Å²) < 4.78 is 58.4. The van der Waals surface area contributed by atoms with E-state index < -0.39 is 33.0 Å². The van der Waals surface area contributed by atoms with Crippen molar-refractivity contribution >= 4 is 21.4 Å². The van der Waals surface area contributed by atoms with E-state index >= 15 is 0 Å². The molecule has 9 heteroatoms. The van der Waals surface area contributed by atoms with Crippen LogP contribution >= 0.6 is 0 Å². The number of nitrogen functional groups attached to an aromatic ring is 1. The molecule has 118 valence electrons. The highest BCUT2D eigenvalue weighted by molar-refractivity contribution is 7.92. The molecule has 0 fully saturated rings. The zero-order chi connectivity index (χ0) is 16.5. The van der Waals surface area contributed by atoms with E-state index in [-0.39, 0.29) is 10.8 Å². The number of ether oxygens (including phenoxy) is 1. The van der Waals surface area contributed by atoms with E-state index in [2.05, 4.69) is 4.98 Å². The van der Waals surface area contributed by atoms with Crippen molar-refractivity contribution in [2.75, 3.05) is 17.6 Å². The zero-order valence-electron chi connectivity index (χ0n) is 11.7. The van der Waals surface area contributed by atoms with E-state index in [9.17, 15) is 17.2 Å². The Balaban J connectivity index is 2.42. The summed E-state index contributed by atoms with van der Waals surface area (Å²) >= 11 is 0. The van der Waals surface area contributed by atoms with Gasteiger partial charge < -0.3 is 10.5 Å². The van der Waals surface area contributed by atoms with Crippen LogP contribution in [0.25, 0.3) is 0 Å². The predicted octanol–water partition coefficient (Wildman–Crippen LogP) is 2.06. The third kappa shape index (κ3) is 2.93. The summed E-state index contributed by atoms with van der Waals surface area (Å²) in [5.41, 5.74) is 4.34. The second-order valence-electron chi connectivity index (χ2n) is 4.42. The van der Waals surface area contributed by atoms with Gasteiger partial charge in [-0.05, 0) is 24.6 Å². The van der Waals surface area contributed by atoms with Crippen molar-refractivity contribution in [2.45, 2.75) is 11.8 Å². The highest BCUT2D eigenvalue weighted by Crippen LogP contribution is 2.26. The average Bonchev–Trinajstić information content (AvgIpc) is 2.47. The topological polar surface area (TPSA) is 94.3 Å². The summed E-state index contributed by atoms with van der Waals surface area (Å²) in [5, 5.41) is 0. The number of methoxy groups -OCH3 is 1. The Hall–Kier alpha value is -2.42. The number of nitrogens with zero attached hydrogens (tertiary/aromatic N) is 1. The number of anilines is 2. The number of pyridine rings is 1. The fourth-order valence-corrected chi connectivity index (χ4v) is 2.99. The van der Waals surface area contributed by atoms with Crippen molar-refractivity contribution in [3.8, 4) is 5.88 Å². The van der Waals surface area contributed by atoms with Gasteiger partial charge >= 0.3 is 0 Å². The minimum Gasteiger partial charge on any atom is -0.481 e. The van der Waals surface area contributed by atoms with Crippen LogP contribution in [0.1, 0.15) is 5.56 Å². The van der Waals surface area contributed by atoms with E-state index in [1.54, 1.807) is 0 Å². The first-order valence-corrected chi connectivity index (χ1v) is 7.51. The van der Waals surface area contributed by atoms with Gasteiger partial charge in [0.2, 0.25) is 5.88 Å². The Morgan fingerprint density at radius 2 is 2.00 bits per heavy atom. The maximum atomic E-state index is 13.8. The normalized spacial score (nSPS) is 11.3. The number of nitrogens with two attached hydrogens (primary N) is 1. The van der Waals surface area contributed by atoms with Crippen molar-refractivity contribution in [1.82, 2.24) is 4.98 Å². The molecule has 0 aliphatic heterocycles. The Bertz CT molecular complexity index is 826. The van der Waals surface area contributed by atoms with Crippen LogP contribution in [0.2, 0.25) is 0 Å². The van der Waals surface area contributed by atoms with Gasteiger partial charge in [-0.2, -0.15) is 0 Å². The SMILES string of the molecule is COc1cc(C)c(S(=O)(=O)Nc2ccc(F)c(N)c2F)cn1. The van der Waals surface area contributed by atoms with Crippen LogP contribution in [0, 0.1) is 18.6 Å². The molecule has 0 unspecified atom stereocenters. The van der Waals surface area contributed by atoms with Gasteiger partial charge in [-0.15, -0.1) is 0 Å². The molecule has 0 saturated heterocycles. The second kappa shape index (κ2) is 5.76. The molecular weight excluding hydrogens is 316 g/mol. The molecule has 22 heavy (non-hydrogen) atoms. The minimum atomic E-state index is -4.11. The number of aryl methyl sites for hydroxylation is 1. The van der Waals surface area contributed by atoms with E-state index in [4.69, 9.17) is 10.5 Å². The van der Waals surface area contributed by atoms with Gasteiger partial charge in [-0.1, -0.05) is 0 Å². The monoisotopic (exact) mass is 329 g/mol. The van der Waals surface area contributed by atoms with Crippen molar-refractivity contribution in [3.63, 3.8) is 0 Å². The lowest BCUT2D eigenvalue weighted by Gasteiger charge is -2.12. The average molecular weight is 329 g/mol. The molecule has 0 aliphatic rings. The largest absolute Gasteiger partial charge is 0.481 e. The summed E-state index contributed by atoms with van der Waals surface area (Å²) in [5.74, 6) is -1.90. The molecule has 1 heterocycles. The van der Waals surface area contributed by atoms with Gasteiger partial charge in [-0.3, -0.25) is 4.72 Å². The molecule has 2 aromatic rings. The first kappa shape index (κ1) is 16.0. The number of hydrogen-bond acceptors (Lipinski definition) is 5. The summed E-state index contributed by atoms with van der Waals surface area (Å²) in [4.78, 5) is 3.64. The highest BCUT2D eigenvalue weighted by atomic mass is 32.2. The predicted molar refractivity (Wildman–Crippen MR) is 77.1 cm³/mol. The number of halogens is 2. The van der Waals surface area contributed by atoms with Crippen LogP contribution in [0.15, 0.2) is 29.3 Å². The van der Waals surface area contributed by atoms with Crippen LogP contribution in [-0.4, -0.2) is 20.5 Å². The molecule has 0 aliphatic carbocycles. The molecule has 0 spiro atoms. The number of hydrogen-bond donors (Lipinski definition) is 2. The van der Waals surface area contributed by atoms with Crippen molar-refractivity contribution in [2.24, 2.45) is 0 Å². The number of benzene rings is 1. The molecule has 0 atom stereocenters. The third-order valence-corrected chi connectivity index (χ3v) is 4.40. The van der Waals surface area contributed by atoms with E-state index in [0.717, 1.165) is 18.3 Å². The first-order chi connectivity index (χ1) is 10.3. The van der Waals surface area contributed by atoms with Crippen molar-refractivity contribution < 1.29 is 21.9 Å². The van der Waals surface area contributed by atoms with Gasteiger partial charge in [0, 0.05) is 6.07 Å². The number of rotatable bonds is 4. The molecule has 0 radical (unpaired) electrons. The van der Waals surface area contributed by atoms with Crippen molar-refractivity contribution in [1.29, 1.82) is 0 Å². The summed E-state index contributed by atoms with van der Waals surface area (Å²) in [6.07, 6.45) is 1.08. The van der Waals surface area contributed by atoms with Crippen LogP contribution in [-0.2, 0) is 10.0 Å². The smallest absolute Gasteiger partial charge is 0.263 e. The molecule has 1 aromatic carbocycles. The molecule has 0 amide bonds. The number of aromatic nitrogens is 1. The Kier molecular flexibility index (Phi) is 4.18. The van der Waals surface area contributed by atoms with Gasteiger partial charge in [0.15, 0.2) is 5.82 Å². The zero-order valence-corrected chi connectivity index (χ0v) is 12.5. The molecule has 6 nitrogen and oxygen atoms in total. The molecule has 1 aromatic heterocycles. The fourth-order valence-electron chi connectivity index (χ4n) is 1.76. The van der Waals surface area contributed by atoms with Crippen LogP contribution in [0.5, 0.6) is 5.88 Å². The Morgan fingerprint density at radius 3 is 2.59 bits per heavy atom. The Labute approximate surface area is 126 Å². The van der Waals surface area contributed by atoms with E-state index in [1.165, 1.54) is 20.1 Å². The molecule has 0 bridgehead atoms. The quantitative estimate of drug-likeness (QED) is 0.837. The lowest BCUT2D eigenvalue weighted by Crippen LogP contribution is -2.16. The standard InChI is InChI=1S/C13H13F2N3O3S/c1-7-5-11(21-2)17-6-10(7)22(19,20)18-9-4-3-8(14)13(16)12(9)15/h3-6,18H,16H2,1-2H3. The number of sulfonamides is 1. The molecule has 3 N–H and O–H groups in total. The summed E-state index contributed by atoms with van der Waals surface area (Å²) in [6, 6.07) is 3.24. The van der Waals surface area contributed by atoms with Crippen LogP contribution in [0.3, 0.4) is 0 Å². The van der Waals surface area contributed by atoms with Gasteiger partial charge in [0.1, 0.15) is 16.4 Å². The van der Waals surface area contributed by atoms with Crippen LogP contribution in [0.4, 0.5) is 20.2 Å². The number of nitrogens with one attached hydrogen (secondary N) is 1.